The Morgan fingerprint density at radius 3 is 1.69 bits per heavy atom. The van der Waals surface area contributed by atoms with Gasteiger partial charge in [-0.2, -0.15) is 0 Å². The van der Waals surface area contributed by atoms with E-state index in [0.29, 0.717) is 0 Å². The van der Waals surface area contributed by atoms with Crippen LogP contribution < -0.4 is 0 Å². The molecule has 0 aliphatic heterocycles. The summed E-state index contributed by atoms with van der Waals surface area (Å²) in [4.78, 5) is 0. The molecule has 0 fully saturated rings. The predicted octanol–water partition coefficient (Wildman–Crippen LogP) is 3.38. The van der Waals surface area contributed by atoms with Gasteiger partial charge < -0.3 is 5.11 Å². The quantitative estimate of drug-likeness (QED) is 0.333. The molecule has 1 atom stereocenters. The summed E-state index contributed by atoms with van der Waals surface area (Å²) in [6.45, 7) is 6.17. The summed E-state index contributed by atoms with van der Waals surface area (Å²) in [7, 11) is 0. The van der Waals surface area contributed by atoms with Gasteiger partial charge in [0.15, 0.2) is 0 Å². The molecule has 0 aliphatic carbocycles. The molecule has 3 heteroatoms. The van der Waals surface area contributed by atoms with E-state index in [9.17, 15) is 0 Å². The van der Waals surface area contributed by atoms with Crippen molar-refractivity contribution in [1.29, 1.82) is 0 Å². The number of aliphatic hydroxyl groups is 1. The molecule has 80 valence electrons. The van der Waals surface area contributed by atoms with Crippen molar-refractivity contribution in [2.45, 2.75) is 60.8 Å². The van der Waals surface area contributed by atoms with Crippen molar-refractivity contribution >= 4 is 33.8 Å². The molecule has 0 saturated carbocycles. The van der Waals surface area contributed by atoms with Crippen molar-refractivity contribution in [1.82, 2.24) is 0 Å². The molecule has 1 N–H and O–H groups in total. The molecular weight excluding hydrogens is 287 g/mol. The summed E-state index contributed by atoms with van der Waals surface area (Å²) in [5.41, 5.74) is -0.472. The van der Waals surface area contributed by atoms with Crippen molar-refractivity contribution in [3.05, 3.63) is 0 Å². The minimum absolute atomic E-state index is 0.149. The topological polar surface area (TPSA) is 20.2 Å². The molecule has 13 heavy (non-hydrogen) atoms. The van der Waals surface area contributed by atoms with Gasteiger partial charge >= 0.3 is 69.5 Å². The fourth-order valence-corrected chi connectivity index (χ4v) is 4.89. The van der Waals surface area contributed by atoms with Crippen molar-refractivity contribution in [3.63, 3.8) is 0 Å². The van der Waals surface area contributed by atoms with E-state index >= 15 is 0 Å². The minimum atomic E-state index is -0.472. The fourth-order valence-electron chi connectivity index (χ4n) is 0.729. The maximum absolute atomic E-state index is 7.92. The molecule has 0 aromatic carbocycles. The first-order valence-electron chi connectivity index (χ1n) is 5.22. The SMILES string of the molecule is CC(O)S.CCC[CH2][Sn][CH2]CCC. The Balaban J connectivity index is 0. The number of rotatable bonds is 6. The first-order chi connectivity index (χ1) is 6.15. The Hall–Kier alpha value is 1.11. The molecule has 1 nitrogen and oxygen atoms in total. The molecular formula is C10H24OSSn. The van der Waals surface area contributed by atoms with E-state index in [1.165, 1.54) is 25.7 Å². The predicted molar refractivity (Wildman–Crippen MR) is 65.9 cm³/mol. The van der Waals surface area contributed by atoms with Gasteiger partial charge in [-0.05, 0) is 6.92 Å². The average molecular weight is 311 g/mol. The second-order valence-corrected chi connectivity index (χ2v) is 8.12. The van der Waals surface area contributed by atoms with Gasteiger partial charge in [0.2, 0.25) is 0 Å². The zero-order chi connectivity index (χ0) is 10.5. The van der Waals surface area contributed by atoms with E-state index < -0.39 is 5.44 Å². The normalized spacial score (nSPS) is 11.8. The van der Waals surface area contributed by atoms with Crippen molar-refractivity contribution in [2.24, 2.45) is 0 Å². The van der Waals surface area contributed by atoms with Crippen molar-refractivity contribution in [2.75, 3.05) is 0 Å². The standard InChI is InChI=1S/2C4H9.C2H6OS.Sn/c2*1-3-4-2;1-2(3)4;/h2*1,3-4H2,2H3;2-4H,1H3;. The molecule has 1 unspecified atom stereocenters. The van der Waals surface area contributed by atoms with Gasteiger partial charge in [-0.15, -0.1) is 12.6 Å². The van der Waals surface area contributed by atoms with Gasteiger partial charge in [0, 0.05) is 0 Å². The summed E-state index contributed by atoms with van der Waals surface area (Å²) in [6, 6.07) is 0. The van der Waals surface area contributed by atoms with Gasteiger partial charge in [0.1, 0.15) is 0 Å². The molecule has 0 rings (SSSR count). The van der Waals surface area contributed by atoms with Crippen LogP contribution in [-0.2, 0) is 0 Å². The van der Waals surface area contributed by atoms with Gasteiger partial charge in [0.25, 0.3) is 0 Å². The van der Waals surface area contributed by atoms with Crippen LogP contribution in [0.15, 0.2) is 0 Å². The van der Waals surface area contributed by atoms with Crippen LogP contribution >= 0.6 is 12.6 Å². The molecule has 0 heterocycles. The summed E-state index contributed by atoms with van der Waals surface area (Å²) < 4.78 is 3.25. The number of thiol groups is 1. The van der Waals surface area contributed by atoms with E-state index in [0.717, 1.165) is 0 Å². The van der Waals surface area contributed by atoms with E-state index in [4.69, 9.17) is 5.11 Å². The van der Waals surface area contributed by atoms with E-state index in [1.54, 1.807) is 15.8 Å². The second-order valence-electron chi connectivity index (χ2n) is 3.09. The zero-order valence-electron chi connectivity index (χ0n) is 9.21. The molecule has 0 spiro atoms. The van der Waals surface area contributed by atoms with Crippen LogP contribution in [0.5, 0.6) is 0 Å². The van der Waals surface area contributed by atoms with Gasteiger partial charge in [-0.3, -0.25) is 0 Å². The van der Waals surface area contributed by atoms with Crippen LogP contribution in [0.4, 0.5) is 0 Å². The third-order valence-corrected chi connectivity index (χ3v) is 5.45. The molecule has 2 radical (unpaired) electrons. The monoisotopic (exact) mass is 312 g/mol. The first-order valence-corrected chi connectivity index (χ1v) is 9.77. The maximum atomic E-state index is 7.92. The summed E-state index contributed by atoms with van der Waals surface area (Å²) in [5, 5.41) is 7.92. The fraction of sp³-hybridized carbons (Fsp3) is 1.00. The number of unbranched alkanes of at least 4 members (excludes halogenated alkanes) is 2. The Labute approximate surface area is 99.3 Å². The van der Waals surface area contributed by atoms with Crippen LogP contribution in [0.25, 0.3) is 0 Å². The van der Waals surface area contributed by atoms with Crippen LogP contribution in [0.2, 0.25) is 8.87 Å². The summed E-state index contributed by atoms with van der Waals surface area (Å²) in [5.74, 6) is 0. The van der Waals surface area contributed by atoms with E-state index in [-0.39, 0.29) is 21.1 Å². The second kappa shape index (κ2) is 15.6. The third-order valence-electron chi connectivity index (χ3n) is 1.41. The Morgan fingerprint density at radius 1 is 1.15 bits per heavy atom. The van der Waals surface area contributed by atoms with Crippen LogP contribution in [0.3, 0.4) is 0 Å². The molecule has 0 aliphatic rings. The average Bonchev–Trinajstić information content (AvgIpc) is 2.03. The summed E-state index contributed by atoms with van der Waals surface area (Å²) >= 11 is 3.67. The number of hydrogen-bond donors (Lipinski definition) is 2. The first kappa shape index (κ1) is 16.5. The number of aliphatic hydroxyl groups excluding tert-OH is 1. The van der Waals surface area contributed by atoms with Gasteiger partial charge in [0.05, 0.1) is 5.44 Å². The van der Waals surface area contributed by atoms with Crippen LogP contribution in [-0.4, -0.2) is 31.7 Å². The van der Waals surface area contributed by atoms with E-state index in [2.05, 4.69) is 26.5 Å². The third kappa shape index (κ3) is 32.0. The summed E-state index contributed by atoms with van der Waals surface area (Å²) in [6.07, 6.45) is 5.84. The van der Waals surface area contributed by atoms with Crippen molar-refractivity contribution < 1.29 is 5.11 Å². The molecule has 0 saturated heterocycles. The Kier molecular flexibility index (Phi) is 19.8. The van der Waals surface area contributed by atoms with E-state index in [1.807, 2.05) is 0 Å². The number of hydrogen-bond acceptors (Lipinski definition) is 2. The Morgan fingerprint density at radius 2 is 1.46 bits per heavy atom. The zero-order valence-corrected chi connectivity index (χ0v) is 13.0. The molecule has 0 bridgehead atoms. The van der Waals surface area contributed by atoms with Crippen LogP contribution in [0, 0.1) is 0 Å². The van der Waals surface area contributed by atoms with Gasteiger partial charge in [-0.25, -0.2) is 0 Å². The van der Waals surface area contributed by atoms with Gasteiger partial charge in [-0.1, -0.05) is 0 Å². The molecule has 0 amide bonds. The molecule has 0 aromatic heterocycles. The van der Waals surface area contributed by atoms with Crippen LogP contribution in [0.1, 0.15) is 46.5 Å². The molecule has 0 aromatic rings. The van der Waals surface area contributed by atoms with Crippen molar-refractivity contribution in [3.8, 4) is 0 Å². The Bertz CT molecular complexity index is 70.6.